The van der Waals surface area contributed by atoms with Gasteiger partial charge in [-0.3, -0.25) is 0 Å². The first-order valence-electron chi connectivity index (χ1n) is 3.16. The largest absolute Gasteiger partial charge is 0.524 e. The highest BCUT2D eigenvalue weighted by atomic mass is 17.8. The fourth-order valence-corrected chi connectivity index (χ4v) is 0.499. The van der Waals surface area contributed by atoms with Crippen LogP contribution < -0.4 is 0 Å². The van der Waals surface area contributed by atoms with Crippen LogP contribution in [-0.2, 0) is 59.3 Å². The lowest BCUT2D eigenvalue weighted by Gasteiger charge is -2.19. The molecule has 14 heteroatoms. The molecule has 2 heterocycles. The Morgan fingerprint density at radius 1 is 0.625 bits per heavy atom. The van der Waals surface area contributed by atoms with E-state index in [1.54, 1.807) is 0 Å². The van der Waals surface area contributed by atoms with Gasteiger partial charge in [-0.1, -0.05) is 0 Å². The van der Waals surface area contributed by atoms with Crippen molar-refractivity contribution in [2.75, 3.05) is 0 Å². The molecule has 2 saturated heterocycles. The van der Waals surface area contributed by atoms with Crippen LogP contribution in [0.5, 0.6) is 0 Å². The summed E-state index contributed by atoms with van der Waals surface area (Å²) in [4.78, 5) is 30.8. The highest BCUT2D eigenvalue weighted by molar-refractivity contribution is 4.28. The van der Waals surface area contributed by atoms with Crippen molar-refractivity contribution >= 4 is 0 Å². The van der Waals surface area contributed by atoms with Gasteiger partial charge in [-0.05, 0) is 20.2 Å². The summed E-state index contributed by atoms with van der Waals surface area (Å²) in [5, 5.41) is 31.3. The van der Waals surface area contributed by atoms with Crippen molar-refractivity contribution in [3.63, 3.8) is 0 Å². The number of hydrogen-bond acceptors (Lipinski definition) is 14. The minimum Gasteiger partial charge on any atom is -0.244 e. The van der Waals surface area contributed by atoms with Crippen LogP contribution in [0.1, 0.15) is 0 Å². The van der Waals surface area contributed by atoms with E-state index in [1.807, 2.05) is 0 Å². The van der Waals surface area contributed by atoms with Gasteiger partial charge >= 0.3 is 12.3 Å². The van der Waals surface area contributed by atoms with Crippen LogP contribution in [0.4, 0.5) is 0 Å². The predicted octanol–water partition coefficient (Wildman–Crippen LogP) is -1.21. The highest BCUT2D eigenvalue weighted by Gasteiger charge is 2.55. The highest BCUT2D eigenvalue weighted by Crippen LogP contribution is 2.29. The topological polar surface area (TPSA) is 151 Å². The smallest absolute Gasteiger partial charge is 0.244 e. The van der Waals surface area contributed by atoms with Gasteiger partial charge in [-0.2, -0.15) is 0 Å². The zero-order valence-corrected chi connectivity index (χ0v) is 6.79. The molecule has 0 atom stereocenters. The van der Waals surface area contributed by atoms with E-state index in [0.717, 1.165) is 0 Å². The van der Waals surface area contributed by atoms with E-state index in [2.05, 4.69) is 59.3 Å². The molecule has 0 spiro atoms. The van der Waals surface area contributed by atoms with Gasteiger partial charge in [-0.15, -0.1) is 39.1 Å². The Kier molecular flexibility index (Phi) is 3.53. The maximum absolute atomic E-state index is 8.28. The van der Waals surface area contributed by atoms with Crippen molar-refractivity contribution in [3.05, 3.63) is 0 Å². The van der Waals surface area contributed by atoms with Crippen LogP contribution in [0, 0.1) is 0 Å². The lowest BCUT2D eigenvalue weighted by Crippen LogP contribution is -2.43. The van der Waals surface area contributed by atoms with Crippen LogP contribution in [0.3, 0.4) is 0 Å². The second-order valence-electron chi connectivity index (χ2n) is 1.95. The lowest BCUT2D eigenvalue weighted by molar-refractivity contribution is -0.727. The summed E-state index contributed by atoms with van der Waals surface area (Å²) in [5.41, 5.74) is 0. The summed E-state index contributed by atoms with van der Waals surface area (Å²) >= 11 is 0. The fourth-order valence-electron chi connectivity index (χ4n) is 0.499. The molecular formula is C2H2O14. The molecule has 0 saturated carbocycles. The summed E-state index contributed by atoms with van der Waals surface area (Å²) in [5.74, 6) is 0. The molecular weight excluding hydrogens is 248 g/mol. The Bertz CT molecular complexity index is 189. The average molecular weight is 250 g/mol. The van der Waals surface area contributed by atoms with E-state index in [4.69, 9.17) is 10.5 Å². The Morgan fingerprint density at radius 3 is 1.19 bits per heavy atom. The molecule has 2 N–H and O–H groups in total. The number of hydrogen-bond donors (Lipinski definition) is 2. The predicted molar refractivity (Wildman–Crippen MR) is 23.7 cm³/mol. The van der Waals surface area contributed by atoms with Crippen LogP contribution in [0.15, 0.2) is 0 Å². The van der Waals surface area contributed by atoms with Gasteiger partial charge in [-0.25, -0.2) is 10.5 Å². The molecule has 0 aromatic rings. The molecule has 0 unspecified atom stereocenters. The molecule has 2 rings (SSSR count). The van der Waals surface area contributed by atoms with E-state index in [1.165, 1.54) is 0 Å². The second kappa shape index (κ2) is 4.75. The Labute approximate surface area is 83.4 Å². The van der Waals surface area contributed by atoms with Crippen molar-refractivity contribution in [1.82, 2.24) is 0 Å². The van der Waals surface area contributed by atoms with Crippen molar-refractivity contribution in [2.24, 2.45) is 0 Å². The molecule has 0 aromatic carbocycles. The molecule has 0 aliphatic carbocycles. The minimum absolute atomic E-state index is 2.80. The maximum Gasteiger partial charge on any atom is 0.524 e. The molecule has 2 aliphatic rings. The van der Waals surface area contributed by atoms with E-state index < -0.39 is 12.3 Å². The van der Waals surface area contributed by atoms with Gasteiger partial charge in [0.1, 0.15) is 0 Å². The molecule has 94 valence electrons. The van der Waals surface area contributed by atoms with E-state index in [9.17, 15) is 0 Å². The molecule has 16 heavy (non-hydrogen) atoms. The first-order chi connectivity index (χ1) is 7.74. The maximum atomic E-state index is 8.28. The van der Waals surface area contributed by atoms with Gasteiger partial charge in [0.25, 0.3) is 0 Å². The molecule has 0 radical (unpaired) electrons. The monoisotopic (exact) mass is 250 g/mol. The molecule has 2 fully saturated rings. The minimum atomic E-state index is -2.80. The van der Waals surface area contributed by atoms with Crippen molar-refractivity contribution < 1.29 is 69.8 Å². The van der Waals surface area contributed by atoms with Gasteiger partial charge < -0.3 is 0 Å². The lowest BCUT2D eigenvalue weighted by atomic mass is 11.1. The average Bonchev–Trinajstić information content (AvgIpc) is 2.97. The first-order valence-corrected chi connectivity index (χ1v) is 3.16. The zero-order chi connectivity index (χ0) is 11.5. The molecule has 0 bridgehead atoms. The molecule has 0 aromatic heterocycles. The SMILES string of the molecule is OOC1(OOC2(OO)OOOO2)OOOO1. The molecule has 0 amide bonds. The van der Waals surface area contributed by atoms with Crippen molar-refractivity contribution in [2.45, 2.75) is 12.3 Å². The van der Waals surface area contributed by atoms with Gasteiger partial charge in [0.05, 0.1) is 0 Å². The third-order valence-electron chi connectivity index (χ3n) is 1.07. The summed E-state index contributed by atoms with van der Waals surface area (Å²) < 4.78 is 0. The third kappa shape index (κ3) is 2.24. The Balaban J connectivity index is 1.89. The molecule has 2 aliphatic heterocycles. The quantitative estimate of drug-likeness (QED) is 0.340. The van der Waals surface area contributed by atoms with Crippen LogP contribution in [0.2, 0.25) is 0 Å². The fraction of sp³-hybridized carbons (Fsp3) is 1.00. The summed E-state index contributed by atoms with van der Waals surface area (Å²) in [6.07, 6.45) is -5.61. The van der Waals surface area contributed by atoms with Gasteiger partial charge in [0.2, 0.25) is 0 Å². The van der Waals surface area contributed by atoms with Crippen LogP contribution in [0.25, 0.3) is 0 Å². The summed E-state index contributed by atoms with van der Waals surface area (Å²) in [7, 11) is 0. The third-order valence-corrected chi connectivity index (χ3v) is 1.07. The van der Waals surface area contributed by atoms with Gasteiger partial charge in [0, 0.05) is 0 Å². The Hall–Kier alpha value is -0.560. The van der Waals surface area contributed by atoms with E-state index in [0.29, 0.717) is 0 Å². The normalized spacial score (nSPS) is 27.4. The Morgan fingerprint density at radius 2 is 0.938 bits per heavy atom. The number of rotatable bonds is 5. The van der Waals surface area contributed by atoms with Crippen LogP contribution in [-0.4, -0.2) is 22.8 Å². The van der Waals surface area contributed by atoms with E-state index >= 15 is 0 Å². The first kappa shape index (κ1) is 11.9. The summed E-state index contributed by atoms with van der Waals surface area (Å²) in [6.45, 7) is 0. The standard InChI is InChI=1S/C2H2O14/c3-5-1(9-13-14-10-1)7-8-2(6-4)11-15-16-12-2/h3-4H. The van der Waals surface area contributed by atoms with Gasteiger partial charge in [0.15, 0.2) is 0 Å². The van der Waals surface area contributed by atoms with Crippen molar-refractivity contribution in [3.8, 4) is 0 Å². The summed E-state index contributed by atoms with van der Waals surface area (Å²) in [6, 6.07) is 0. The zero-order valence-electron chi connectivity index (χ0n) is 6.79. The van der Waals surface area contributed by atoms with Crippen molar-refractivity contribution in [1.29, 1.82) is 0 Å². The van der Waals surface area contributed by atoms with E-state index in [-0.39, 0.29) is 0 Å². The van der Waals surface area contributed by atoms with Crippen LogP contribution >= 0.6 is 0 Å². The second-order valence-corrected chi connectivity index (χ2v) is 1.95. The molecule has 14 nitrogen and oxygen atoms in total.